The van der Waals surface area contributed by atoms with Crippen LogP contribution in [-0.2, 0) is 18.5 Å². The van der Waals surface area contributed by atoms with Crippen LogP contribution in [0.4, 0.5) is 5.95 Å². The molecule has 1 aliphatic heterocycles. The molecule has 0 spiro atoms. The Labute approximate surface area is 203 Å². The fourth-order valence-electron chi connectivity index (χ4n) is 3.55. The molecule has 3 rings (SSSR count). The van der Waals surface area contributed by atoms with E-state index in [0.717, 1.165) is 0 Å². The number of aliphatic hydroxyl groups excluding tert-OH is 1. The van der Waals surface area contributed by atoms with Gasteiger partial charge < -0.3 is 24.1 Å². The number of hydrogen-bond acceptors (Lipinski definition) is 8. The molecule has 1 aliphatic rings. The van der Waals surface area contributed by atoms with Crippen molar-refractivity contribution in [2.24, 2.45) is 5.92 Å². The summed E-state index contributed by atoms with van der Waals surface area (Å²) in [4.78, 5) is 56.1. The second-order valence-electron chi connectivity index (χ2n) is 10.6. The van der Waals surface area contributed by atoms with Crippen LogP contribution in [0.1, 0.15) is 40.8 Å². The molecule has 2 aromatic rings. The van der Waals surface area contributed by atoms with Gasteiger partial charge in [0.2, 0.25) is 11.9 Å². The van der Waals surface area contributed by atoms with E-state index >= 15 is 0 Å². The van der Waals surface area contributed by atoms with Gasteiger partial charge in [0.05, 0.1) is 19.0 Å². The Morgan fingerprint density at radius 2 is 2.00 bits per heavy atom. The van der Waals surface area contributed by atoms with Gasteiger partial charge in [-0.15, -0.1) is 0 Å². The molecule has 196 valence electrons. The fraction of sp³-hybridized carbons (Fsp3) is 0.700. The lowest BCUT2D eigenvalue weighted by molar-refractivity contribution is -0.118. The summed E-state index contributed by atoms with van der Waals surface area (Å²) < 4.78 is 26.2. The Kier molecular flexibility index (Phi) is 7.51. The average molecular weight is 532 g/mol. The first-order valence-corrected chi connectivity index (χ1v) is 15.8. The third kappa shape index (κ3) is 5.43. The van der Waals surface area contributed by atoms with Gasteiger partial charge in [0.25, 0.3) is 5.56 Å². The predicted molar refractivity (Wildman–Crippen MR) is 131 cm³/mol. The van der Waals surface area contributed by atoms with E-state index in [0.29, 0.717) is 0 Å². The second-order valence-corrected chi connectivity index (χ2v) is 17.1. The zero-order valence-corrected chi connectivity index (χ0v) is 22.7. The molecule has 5 N–H and O–H groups in total. The Morgan fingerprint density at radius 3 is 2.51 bits per heavy atom. The monoisotopic (exact) mass is 531 g/mol. The summed E-state index contributed by atoms with van der Waals surface area (Å²) in [5.41, 5.74) is -2.29. The molecule has 1 amide bonds. The summed E-state index contributed by atoms with van der Waals surface area (Å²) in [6.07, 6.45) is -2.30. The summed E-state index contributed by atoms with van der Waals surface area (Å²) >= 11 is 0. The van der Waals surface area contributed by atoms with E-state index in [-0.39, 0.29) is 34.0 Å². The number of carbonyl (C=O) groups excluding carboxylic acids is 1. The summed E-state index contributed by atoms with van der Waals surface area (Å²) in [7, 11) is -7.41. The van der Waals surface area contributed by atoms with Crippen molar-refractivity contribution in [3.63, 3.8) is 0 Å². The lowest BCUT2D eigenvalue weighted by atomic mass is 10.2. The number of aromatic amines is 1. The number of nitrogens with zero attached hydrogens (tertiary/aromatic N) is 3. The highest BCUT2D eigenvalue weighted by atomic mass is 31.2. The molecule has 0 aromatic carbocycles. The van der Waals surface area contributed by atoms with Crippen molar-refractivity contribution in [1.29, 1.82) is 0 Å². The minimum Gasteiger partial charge on any atom is -0.410 e. The van der Waals surface area contributed by atoms with Gasteiger partial charge in [0.15, 0.2) is 25.7 Å². The molecule has 35 heavy (non-hydrogen) atoms. The first kappa shape index (κ1) is 27.7. The number of H-pyrrole nitrogens is 1. The minimum atomic E-state index is -4.86. The van der Waals surface area contributed by atoms with Crippen LogP contribution in [0.25, 0.3) is 11.2 Å². The molecule has 13 nitrogen and oxygen atoms in total. The number of nitrogens with one attached hydrogen (secondary N) is 2. The first-order chi connectivity index (χ1) is 16.0. The molecular weight excluding hydrogens is 497 g/mol. The molecule has 15 heteroatoms. The average Bonchev–Trinajstić information content (AvgIpc) is 3.27. The number of imidazole rings is 1. The molecule has 1 fully saturated rings. The number of ether oxygens (including phenoxy) is 1. The summed E-state index contributed by atoms with van der Waals surface area (Å²) in [6.45, 7) is 12.6. The van der Waals surface area contributed by atoms with E-state index in [2.05, 4.69) is 20.3 Å². The highest BCUT2D eigenvalue weighted by Gasteiger charge is 2.57. The summed E-state index contributed by atoms with van der Waals surface area (Å²) in [5.74, 6) is -0.898. The predicted octanol–water partition coefficient (Wildman–Crippen LogP) is 1.54. The van der Waals surface area contributed by atoms with E-state index in [4.69, 9.17) is 9.16 Å². The molecular formula is C20H34N5O8PSi. The van der Waals surface area contributed by atoms with Crippen molar-refractivity contribution in [2.75, 3.05) is 11.9 Å². The second kappa shape index (κ2) is 9.50. The van der Waals surface area contributed by atoms with Crippen LogP contribution < -0.4 is 10.9 Å². The Hall–Kier alpha value is -1.93. The molecule has 0 radical (unpaired) electrons. The third-order valence-electron chi connectivity index (χ3n) is 6.59. The van der Waals surface area contributed by atoms with E-state index in [1.54, 1.807) is 13.8 Å². The Balaban J connectivity index is 2.11. The standard InChI is InChI=1S/C20H34N5O8PSi/c1-10(2)16(27)23-19-22-15-12(17(28)24-19)21-9-25(15)18-14(34(29,30)31)13(11(8-26)32-18)33-35(6,7)20(3,4)5/h9-11,13-14,18,26H,8H2,1-7H3,(H2,29,30,31)(H2,22,23,24,27,28)/t11-,13-,14-,18-/m1/s1. The number of carbonyl (C=O) groups is 1. The van der Waals surface area contributed by atoms with Gasteiger partial charge in [-0.1, -0.05) is 34.6 Å². The van der Waals surface area contributed by atoms with Crippen molar-refractivity contribution < 1.29 is 33.4 Å². The van der Waals surface area contributed by atoms with Crippen molar-refractivity contribution in [3.05, 3.63) is 16.7 Å². The number of hydrogen-bond donors (Lipinski definition) is 5. The number of anilines is 1. The van der Waals surface area contributed by atoms with Crippen LogP contribution in [0.5, 0.6) is 0 Å². The van der Waals surface area contributed by atoms with E-state index < -0.39 is 52.2 Å². The van der Waals surface area contributed by atoms with Crippen LogP contribution in [0, 0.1) is 5.92 Å². The van der Waals surface area contributed by atoms with Crippen LogP contribution in [0.2, 0.25) is 18.1 Å². The number of rotatable bonds is 7. The van der Waals surface area contributed by atoms with E-state index in [9.17, 15) is 29.0 Å². The molecule has 0 saturated carbocycles. The Bertz CT molecular complexity index is 1200. The maximum absolute atomic E-state index is 12.7. The third-order valence-corrected chi connectivity index (χ3v) is 12.4. The highest BCUT2D eigenvalue weighted by Crippen LogP contribution is 2.55. The molecule has 2 aromatic heterocycles. The molecule has 3 heterocycles. The van der Waals surface area contributed by atoms with Crippen LogP contribution in [0.3, 0.4) is 0 Å². The van der Waals surface area contributed by atoms with Crippen molar-refractivity contribution in [3.8, 4) is 0 Å². The minimum absolute atomic E-state index is 0.0408. The normalized spacial score (nSPS) is 23.9. The lowest BCUT2D eigenvalue weighted by Crippen LogP contribution is -2.49. The zero-order valence-electron chi connectivity index (χ0n) is 20.8. The maximum Gasteiger partial charge on any atom is 0.335 e. The van der Waals surface area contributed by atoms with Gasteiger partial charge >= 0.3 is 7.60 Å². The number of fused-ring (bicyclic) bond motifs is 1. The van der Waals surface area contributed by atoms with E-state index in [1.807, 2.05) is 33.9 Å². The molecule has 0 aliphatic carbocycles. The SMILES string of the molecule is CC(C)C(=O)Nc1nc2c(ncn2[C@@H]2O[C@H](CO)[C@@H](O[Si](C)(C)C(C)(C)C)[C@H]2P(=O)(O)O)c(=O)[nH]1. The fourth-order valence-corrected chi connectivity index (χ4v) is 6.18. The van der Waals surface area contributed by atoms with E-state index in [1.165, 1.54) is 10.9 Å². The van der Waals surface area contributed by atoms with Crippen LogP contribution >= 0.6 is 7.60 Å². The van der Waals surface area contributed by atoms with Gasteiger partial charge in [-0.2, -0.15) is 4.98 Å². The van der Waals surface area contributed by atoms with Gasteiger partial charge in [-0.3, -0.25) is 29.0 Å². The van der Waals surface area contributed by atoms with Gasteiger partial charge in [0.1, 0.15) is 11.8 Å². The van der Waals surface area contributed by atoms with Gasteiger partial charge in [0, 0.05) is 5.92 Å². The maximum atomic E-state index is 12.7. The largest absolute Gasteiger partial charge is 0.410 e. The smallest absolute Gasteiger partial charge is 0.335 e. The Morgan fingerprint density at radius 1 is 1.37 bits per heavy atom. The first-order valence-electron chi connectivity index (χ1n) is 11.2. The number of amides is 1. The van der Waals surface area contributed by atoms with Crippen molar-refractivity contribution in [2.45, 2.75) is 76.8 Å². The zero-order chi connectivity index (χ0) is 26.5. The summed E-state index contributed by atoms with van der Waals surface area (Å²) in [5, 5.41) is 12.2. The van der Waals surface area contributed by atoms with Gasteiger partial charge in [-0.05, 0) is 18.1 Å². The quantitative estimate of drug-likeness (QED) is 0.259. The number of aliphatic hydroxyl groups is 1. The van der Waals surface area contributed by atoms with Crippen LogP contribution in [0.15, 0.2) is 11.1 Å². The topological polar surface area (TPSA) is 189 Å². The van der Waals surface area contributed by atoms with Crippen molar-refractivity contribution in [1.82, 2.24) is 19.5 Å². The summed E-state index contributed by atoms with van der Waals surface area (Å²) in [6, 6.07) is 0. The molecule has 4 atom stereocenters. The highest BCUT2D eigenvalue weighted by molar-refractivity contribution is 7.52. The van der Waals surface area contributed by atoms with Gasteiger partial charge in [-0.25, -0.2) is 4.98 Å². The van der Waals surface area contributed by atoms with Crippen LogP contribution in [-0.4, -0.2) is 73.1 Å². The molecule has 1 saturated heterocycles. The number of aromatic nitrogens is 4. The molecule has 0 unspecified atom stereocenters. The molecule has 0 bridgehead atoms. The van der Waals surface area contributed by atoms with Crippen molar-refractivity contribution >= 4 is 38.9 Å². The lowest BCUT2D eigenvalue weighted by Gasteiger charge is -2.40.